The number of aliphatic carboxylic acids is 1. The summed E-state index contributed by atoms with van der Waals surface area (Å²) in [7, 11) is 1.89. The van der Waals surface area contributed by atoms with E-state index in [-0.39, 0.29) is 0 Å². The van der Waals surface area contributed by atoms with Crippen LogP contribution in [0.1, 0.15) is 25.0 Å². The van der Waals surface area contributed by atoms with Crippen molar-refractivity contribution >= 4 is 17.7 Å². The minimum absolute atomic E-state index is 0.551. The first-order valence-electron chi connectivity index (χ1n) is 5.48. The number of hydrogen-bond acceptors (Lipinski definition) is 3. The molecule has 2 heterocycles. The zero-order valence-corrected chi connectivity index (χ0v) is 10.2. The first kappa shape index (κ1) is 11.5. The van der Waals surface area contributed by atoms with Gasteiger partial charge in [-0.1, -0.05) is 0 Å². The van der Waals surface area contributed by atoms with Crippen molar-refractivity contribution < 1.29 is 9.90 Å². The number of rotatable bonds is 4. The molecule has 1 unspecified atom stereocenters. The van der Waals surface area contributed by atoms with Crippen molar-refractivity contribution in [2.24, 2.45) is 7.05 Å². The average Bonchev–Trinajstić information content (AvgIpc) is 2.84. The molecule has 5 heteroatoms. The Morgan fingerprint density at radius 2 is 2.56 bits per heavy atom. The molecule has 0 saturated carbocycles. The number of aromatic nitrogens is 2. The normalized spacial score (nSPS) is 24.8. The topological polar surface area (TPSA) is 55.1 Å². The molecule has 1 aliphatic heterocycles. The lowest BCUT2D eigenvalue weighted by atomic mass is 9.96. The van der Waals surface area contributed by atoms with E-state index in [0.29, 0.717) is 6.42 Å². The van der Waals surface area contributed by atoms with E-state index in [9.17, 15) is 9.90 Å². The maximum absolute atomic E-state index is 11.3. The van der Waals surface area contributed by atoms with Crippen LogP contribution in [0.15, 0.2) is 12.3 Å². The van der Waals surface area contributed by atoms with E-state index in [1.807, 2.05) is 17.8 Å². The van der Waals surface area contributed by atoms with Gasteiger partial charge in [-0.2, -0.15) is 5.10 Å². The molecule has 2 rings (SSSR count). The Kier molecular flexibility index (Phi) is 3.23. The second kappa shape index (κ2) is 4.49. The van der Waals surface area contributed by atoms with Crippen molar-refractivity contribution in [3.05, 3.63) is 18.0 Å². The fourth-order valence-corrected chi connectivity index (χ4v) is 3.48. The number of carbonyl (C=O) groups is 1. The molecule has 1 N–H and O–H groups in total. The number of aryl methyl sites for hydroxylation is 2. The Morgan fingerprint density at radius 3 is 3.06 bits per heavy atom. The average molecular weight is 240 g/mol. The molecule has 1 aliphatic rings. The summed E-state index contributed by atoms with van der Waals surface area (Å²) in [4.78, 5) is 11.3. The third-order valence-corrected chi connectivity index (χ3v) is 4.83. The predicted molar refractivity (Wildman–Crippen MR) is 63.6 cm³/mol. The lowest BCUT2D eigenvalue weighted by molar-refractivity contribution is -0.140. The SMILES string of the molecule is Cn1nccc1CCC1(C(=O)O)CCCS1. The van der Waals surface area contributed by atoms with Crippen LogP contribution < -0.4 is 0 Å². The van der Waals surface area contributed by atoms with Gasteiger partial charge in [-0.15, -0.1) is 11.8 Å². The molecule has 1 aromatic heterocycles. The summed E-state index contributed by atoms with van der Waals surface area (Å²) in [6.45, 7) is 0. The number of thioether (sulfide) groups is 1. The molecule has 1 saturated heterocycles. The Hall–Kier alpha value is -0.970. The Morgan fingerprint density at radius 1 is 1.75 bits per heavy atom. The van der Waals surface area contributed by atoms with Gasteiger partial charge in [0.05, 0.1) is 0 Å². The number of hydrogen-bond donors (Lipinski definition) is 1. The van der Waals surface area contributed by atoms with Crippen molar-refractivity contribution in [3.63, 3.8) is 0 Å². The Labute approximate surface area is 99.0 Å². The third kappa shape index (κ3) is 2.09. The van der Waals surface area contributed by atoms with Crippen molar-refractivity contribution in [2.45, 2.75) is 30.4 Å². The fourth-order valence-electron chi connectivity index (χ4n) is 2.15. The van der Waals surface area contributed by atoms with Gasteiger partial charge in [-0.3, -0.25) is 9.48 Å². The standard InChI is InChI=1S/C11H16N2O2S/c1-13-9(4-7-12-13)3-6-11(10(14)15)5-2-8-16-11/h4,7H,2-3,5-6,8H2,1H3,(H,14,15). The molecule has 1 aromatic rings. The molecular formula is C11H16N2O2S. The van der Waals surface area contributed by atoms with Crippen molar-refractivity contribution in [2.75, 3.05) is 5.75 Å². The molecular weight excluding hydrogens is 224 g/mol. The molecule has 0 bridgehead atoms. The molecule has 1 fully saturated rings. The zero-order valence-electron chi connectivity index (χ0n) is 9.35. The summed E-state index contributed by atoms with van der Waals surface area (Å²) >= 11 is 1.60. The van der Waals surface area contributed by atoms with Crippen LogP contribution in [-0.2, 0) is 18.3 Å². The lowest BCUT2D eigenvalue weighted by Gasteiger charge is -2.22. The number of carboxylic acid groups (broad SMARTS) is 1. The van der Waals surface area contributed by atoms with Gasteiger partial charge in [-0.25, -0.2) is 0 Å². The van der Waals surface area contributed by atoms with Crippen LogP contribution in [0.25, 0.3) is 0 Å². The Bertz CT molecular complexity index is 383. The number of carboxylic acids is 1. The molecule has 0 radical (unpaired) electrons. The van der Waals surface area contributed by atoms with Crippen molar-refractivity contribution in [3.8, 4) is 0 Å². The summed E-state index contributed by atoms with van der Waals surface area (Å²) in [5.41, 5.74) is 1.10. The first-order chi connectivity index (χ1) is 7.64. The van der Waals surface area contributed by atoms with E-state index in [4.69, 9.17) is 0 Å². The molecule has 1 atom stereocenters. The minimum Gasteiger partial charge on any atom is -0.480 e. The quantitative estimate of drug-likeness (QED) is 0.870. The molecule has 4 nitrogen and oxygen atoms in total. The lowest BCUT2D eigenvalue weighted by Crippen LogP contribution is -2.33. The molecule has 0 spiro atoms. The van der Waals surface area contributed by atoms with Gasteiger partial charge in [0.15, 0.2) is 0 Å². The van der Waals surface area contributed by atoms with Gasteiger partial charge in [0.2, 0.25) is 0 Å². The molecule has 0 aliphatic carbocycles. The van der Waals surface area contributed by atoms with Crippen LogP contribution in [0.2, 0.25) is 0 Å². The third-order valence-electron chi connectivity index (χ3n) is 3.20. The highest BCUT2D eigenvalue weighted by atomic mass is 32.2. The molecule has 88 valence electrons. The van der Waals surface area contributed by atoms with E-state index in [1.165, 1.54) is 0 Å². The summed E-state index contributed by atoms with van der Waals surface area (Å²) in [6.07, 6.45) is 5.06. The highest BCUT2D eigenvalue weighted by Gasteiger charge is 2.41. The largest absolute Gasteiger partial charge is 0.480 e. The maximum Gasteiger partial charge on any atom is 0.319 e. The van der Waals surface area contributed by atoms with Gasteiger partial charge in [0.25, 0.3) is 0 Å². The predicted octanol–water partition coefficient (Wildman–Crippen LogP) is 1.70. The van der Waals surface area contributed by atoms with E-state index in [1.54, 1.807) is 18.0 Å². The zero-order chi connectivity index (χ0) is 11.6. The number of nitrogens with zero attached hydrogens (tertiary/aromatic N) is 2. The maximum atomic E-state index is 11.3. The van der Waals surface area contributed by atoms with E-state index >= 15 is 0 Å². The highest BCUT2D eigenvalue weighted by molar-refractivity contribution is 8.01. The smallest absolute Gasteiger partial charge is 0.319 e. The second-order valence-corrected chi connectivity index (χ2v) is 5.68. The Balaban J connectivity index is 2.03. The van der Waals surface area contributed by atoms with E-state index in [0.717, 1.165) is 30.7 Å². The van der Waals surface area contributed by atoms with Crippen LogP contribution in [0.3, 0.4) is 0 Å². The summed E-state index contributed by atoms with van der Waals surface area (Å²) < 4.78 is 1.26. The molecule has 16 heavy (non-hydrogen) atoms. The fraction of sp³-hybridized carbons (Fsp3) is 0.636. The summed E-state index contributed by atoms with van der Waals surface area (Å²) in [5, 5.41) is 13.4. The minimum atomic E-state index is -0.655. The summed E-state index contributed by atoms with van der Waals surface area (Å²) in [5.74, 6) is 0.315. The van der Waals surface area contributed by atoms with Gasteiger partial charge in [0.1, 0.15) is 4.75 Å². The van der Waals surface area contributed by atoms with Crippen LogP contribution in [0.4, 0.5) is 0 Å². The summed E-state index contributed by atoms with van der Waals surface area (Å²) in [6, 6.07) is 1.95. The van der Waals surface area contributed by atoms with Crippen molar-refractivity contribution in [1.82, 2.24) is 9.78 Å². The monoisotopic (exact) mass is 240 g/mol. The van der Waals surface area contributed by atoms with Gasteiger partial charge >= 0.3 is 5.97 Å². The molecule has 0 aromatic carbocycles. The van der Waals surface area contributed by atoms with Gasteiger partial charge in [-0.05, 0) is 37.5 Å². The van der Waals surface area contributed by atoms with Crippen LogP contribution >= 0.6 is 11.8 Å². The van der Waals surface area contributed by atoms with E-state index < -0.39 is 10.7 Å². The van der Waals surface area contributed by atoms with Gasteiger partial charge < -0.3 is 5.11 Å². The highest BCUT2D eigenvalue weighted by Crippen LogP contribution is 2.41. The first-order valence-corrected chi connectivity index (χ1v) is 6.47. The van der Waals surface area contributed by atoms with Crippen LogP contribution in [-0.4, -0.2) is 31.4 Å². The van der Waals surface area contributed by atoms with Gasteiger partial charge in [0, 0.05) is 18.9 Å². The van der Waals surface area contributed by atoms with Crippen molar-refractivity contribution in [1.29, 1.82) is 0 Å². The molecule has 0 amide bonds. The second-order valence-electron chi connectivity index (χ2n) is 4.20. The van der Waals surface area contributed by atoms with Crippen LogP contribution in [0.5, 0.6) is 0 Å². The van der Waals surface area contributed by atoms with E-state index in [2.05, 4.69) is 5.10 Å². The van der Waals surface area contributed by atoms with Crippen LogP contribution in [0, 0.1) is 0 Å².